The molecule has 0 aromatic heterocycles. The van der Waals surface area contributed by atoms with Gasteiger partial charge in [-0.15, -0.1) is 12.4 Å². The number of sulfone groups is 1. The SMILES string of the molecule is CC1CS(=O)(=O)CCN1C(=O)C[C@@H]1CCC[C@H]1N.Cl. The van der Waals surface area contributed by atoms with Gasteiger partial charge < -0.3 is 10.6 Å². The van der Waals surface area contributed by atoms with Gasteiger partial charge in [0.25, 0.3) is 0 Å². The summed E-state index contributed by atoms with van der Waals surface area (Å²) >= 11 is 0. The molecule has 0 aromatic rings. The first-order valence-electron chi connectivity index (χ1n) is 6.64. The number of rotatable bonds is 2. The number of halogens is 1. The Morgan fingerprint density at radius 1 is 1.37 bits per heavy atom. The van der Waals surface area contributed by atoms with Gasteiger partial charge in [0.15, 0.2) is 9.84 Å². The van der Waals surface area contributed by atoms with E-state index < -0.39 is 9.84 Å². The molecule has 0 aromatic carbocycles. The van der Waals surface area contributed by atoms with Gasteiger partial charge in [-0.2, -0.15) is 0 Å². The number of nitrogens with two attached hydrogens (primary N) is 1. The molecular weight excluding hydrogens is 288 g/mol. The van der Waals surface area contributed by atoms with E-state index >= 15 is 0 Å². The topological polar surface area (TPSA) is 80.5 Å². The minimum atomic E-state index is -2.95. The van der Waals surface area contributed by atoms with Gasteiger partial charge in [0.05, 0.1) is 11.5 Å². The molecule has 0 radical (unpaired) electrons. The minimum absolute atomic E-state index is 0. The second-order valence-electron chi connectivity index (χ2n) is 5.61. The molecular formula is C12H23ClN2O3S. The van der Waals surface area contributed by atoms with E-state index in [4.69, 9.17) is 5.73 Å². The van der Waals surface area contributed by atoms with Crippen LogP contribution in [-0.2, 0) is 14.6 Å². The first kappa shape index (κ1) is 16.7. The van der Waals surface area contributed by atoms with Crippen LogP contribution in [0.4, 0.5) is 0 Å². The van der Waals surface area contributed by atoms with E-state index in [1.807, 2.05) is 6.92 Å². The van der Waals surface area contributed by atoms with Crippen molar-refractivity contribution in [3.8, 4) is 0 Å². The lowest BCUT2D eigenvalue weighted by Gasteiger charge is -2.34. The summed E-state index contributed by atoms with van der Waals surface area (Å²) in [5.41, 5.74) is 5.97. The number of hydrogen-bond acceptors (Lipinski definition) is 4. The molecule has 1 aliphatic heterocycles. The lowest BCUT2D eigenvalue weighted by molar-refractivity contribution is -0.133. The van der Waals surface area contributed by atoms with E-state index in [9.17, 15) is 13.2 Å². The summed E-state index contributed by atoms with van der Waals surface area (Å²) < 4.78 is 22.9. The summed E-state index contributed by atoms with van der Waals surface area (Å²) in [6, 6.07) is -0.0633. The average Bonchev–Trinajstić information content (AvgIpc) is 2.62. The van der Waals surface area contributed by atoms with Crippen molar-refractivity contribution in [3.05, 3.63) is 0 Å². The van der Waals surface area contributed by atoms with Gasteiger partial charge in [-0.05, 0) is 25.7 Å². The van der Waals surface area contributed by atoms with E-state index in [1.165, 1.54) is 0 Å². The third-order valence-corrected chi connectivity index (χ3v) is 5.94. The highest BCUT2D eigenvalue weighted by atomic mass is 35.5. The molecule has 1 aliphatic carbocycles. The first-order valence-corrected chi connectivity index (χ1v) is 8.46. The summed E-state index contributed by atoms with van der Waals surface area (Å²) in [4.78, 5) is 13.9. The molecule has 2 fully saturated rings. The van der Waals surface area contributed by atoms with E-state index in [1.54, 1.807) is 4.90 Å². The zero-order chi connectivity index (χ0) is 13.3. The summed E-state index contributed by atoms with van der Waals surface area (Å²) in [5, 5.41) is 0. The van der Waals surface area contributed by atoms with Crippen LogP contribution in [0.15, 0.2) is 0 Å². The molecule has 2 N–H and O–H groups in total. The molecule has 3 atom stereocenters. The molecule has 112 valence electrons. The summed E-state index contributed by atoms with van der Waals surface area (Å²) in [6.45, 7) is 2.15. The second-order valence-corrected chi connectivity index (χ2v) is 7.84. The standard InChI is InChI=1S/C12H22N2O3S.ClH/c1-9-8-18(16,17)6-5-14(9)12(15)7-10-3-2-4-11(10)13;/h9-11H,2-8,13H2,1H3;1H/t9?,10-,11+;/m0./s1. The van der Waals surface area contributed by atoms with Gasteiger partial charge in [-0.3, -0.25) is 4.79 Å². The van der Waals surface area contributed by atoms with Crippen LogP contribution in [0.1, 0.15) is 32.6 Å². The maximum absolute atomic E-state index is 12.2. The summed E-state index contributed by atoms with van der Waals surface area (Å²) in [7, 11) is -2.95. The van der Waals surface area contributed by atoms with Crippen molar-refractivity contribution in [3.63, 3.8) is 0 Å². The van der Waals surface area contributed by atoms with Crippen LogP contribution in [0.3, 0.4) is 0 Å². The summed E-state index contributed by atoms with van der Waals surface area (Å²) in [5.74, 6) is 0.540. The highest BCUT2D eigenvalue weighted by molar-refractivity contribution is 7.91. The Labute approximate surface area is 121 Å². The van der Waals surface area contributed by atoms with Crippen LogP contribution in [0, 0.1) is 5.92 Å². The van der Waals surface area contributed by atoms with Crippen molar-refractivity contribution in [2.75, 3.05) is 18.1 Å². The van der Waals surface area contributed by atoms with Crippen molar-refractivity contribution < 1.29 is 13.2 Å². The average molecular weight is 311 g/mol. The Kier molecular flexibility index (Phi) is 5.65. The molecule has 1 saturated carbocycles. The van der Waals surface area contributed by atoms with Crippen LogP contribution >= 0.6 is 12.4 Å². The maximum atomic E-state index is 12.2. The first-order chi connectivity index (χ1) is 8.39. The fourth-order valence-electron chi connectivity index (χ4n) is 3.03. The van der Waals surface area contributed by atoms with Crippen molar-refractivity contribution >= 4 is 28.2 Å². The van der Waals surface area contributed by atoms with Crippen LogP contribution in [0.5, 0.6) is 0 Å². The lowest BCUT2D eigenvalue weighted by atomic mass is 9.99. The molecule has 5 nitrogen and oxygen atoms in total. The summed E-state index contributed by atoms with van der Waals surface area (Å²) in [6.07, 6.45) is 3.60. The Morgan fingerprint density at radius 2 is 2.05 bits per heavy atom. The van der Waals surface area contributed by atoms with E-state index in [0.29, 0.717) is 13.0 Å². The van der Waals surface area contributed by atoms with Crippen LogP contribution < -0.4 is 5.73 Å². The fourth-order valence-corrected chi connectivity index (χ4v) is 4.59. The lowest BCUT2D eigenvalue weighted by Crippen LogP contribution is -2.50. The molecule has 1 unspecified atom stereocenters. The zero-order valence-electron chi connectivity index (χ0n) is 11.2. The zero-order valence-corrected chi connectivity index (χ0v) is 12.9. The number of carbonyl (C=O) groups excluding carboxylic acids is 1. The second kappa shape index (κ2) is 6.41. The number of nitrogens with zero attached hydrogens (tertiary/aromatic N) is 1. The third kappa shape index (κ3) is 4.07. The molecule has 19 heavy (non-hydrogen) atoms. The normalized spacial score (nSPS) is 33.8. The predicted molar refractivity (Wildman–Crippen MR) is 77.0 cm³/mol. The Balaban J connectivity index is 0.00000180. The Hall–Kier alpha value is -0.330. The maximum Gasteiger partial charge on any atom is 0.223 e. The Bertz CT molecular complexity index is 427. The van der Waals surface area contributed by atoms with E-state index in [0.717, 1.165) is 19.3 Å². The third-order valence-electron chi connectivity index (χ3n) is 4.15. The number of carbonyl (C=O) groups is 1. The highest BCUT2D eigenvalue weighted by Crippen LogP contribution is 2.28. The minimum Gasteiger partial charge on any atom is -0.338 e. The van der Waals surface area contributed by atoms with Crippen molar-refractivity contribution in [2.45, 2.75) is 44.7 Å². The molecule has 1 saturated heterocycles. The smallest absolute Gasteiger partial charge is 0.223 e. The number of amides is 1. The predicted octanol–water partition coefficient (Wildman–Crippen LogP) is 0.571. The molecule has 7 heteroatoms. The van der Waals surface area contributed by atoms with Gasteiger partial charge in [0.1, 0.15) is 0 Å². The largest absolute Gasteiger partial charge is 0.338 e. The molecule has 0 spiro atoms. The molecule has 0 bridgehead atoms. The van der Waals surface area contributed by atoms with Crippen LogP contribution in [-0.4, -0.2) is 49.4 Å². The van der Waals surface area contributed by atoms with Gasteiger partial charge in [-0.1, -0.05) is 6.42 Å². The van der Waals surface area contributed by atoms with Crippen LogP contribution in [0.25, 0.3) is 0 Å². The Morgan fingerprint density at radius 3 is 2.58 bits per heavy atom. The number of hydrogen-bond donors (Lipinski definition) is 1. The van der Waals surface area contributed by atoms with Crippen LogP contribution in [0.2, 0.25) is 0 Å². The fraction of sp³-hybridized carbons (Fsp3) is 0.917. The van der Waals surface area contributed by atoms with Gasteiger partial charge in [-0.25, -0.2) is 8.42 Å². The quantitative estimate of drug-likeness (QED) is 0.808. The molecule has 1 amide bonds. The van der Waals surface area contributed by atoms with Gasteiger partial charge in [0, 0.05) is 25.0 Å². The van der Waals surface area contributed by atoms with Gasteiger partial charge >= 0.3 is 0 Å². The molecule has 2 rings (SSSR count). The van der Waals surface area contributed by atoms with E-state index in [-0.39, 0.29) is 47.8 Å². The highest BCUT2D eigenvalue weighted by Gasteiger charge is 2.34. The van der Waals surface area contributed by atoms with Gasteiger partial charge in [0.2, 0.25) is 5.91 Å². The molecule has 1 heterocycles. The van der Waals surface area contributed by atoms with Crippen molar-refractivity contribution in [1.82, 2.24) is 4.90 Å². The van der Waals surface area contributed by atoms with Crippen molar-refractivity contribution in [2.24, 2.45) is 11.7 Å². The molecule has 2 aliphatic rings. The van der Waals surface area contributed by atoms with E-state index in [2.05, 4.69) is 0 Å². The van der Waals surface area contributed by atoms with Crippen molar-refractivity contribution in [1.29, 1.82) is 0 Å². The monoisotopic (exact) mass is 310 g/mol.